The molecule has 2 aromatic carbocycles. The number of rotatable bonds is 3. The van der Waals surface area contributed by atoms with Crippen LogP contribution >= 0.6 is 11.8 Å². The second-order valence-corrected chi connectivity index (χ2v) is 6.21. The van der Waals surface area contributed by atoms with E-state index in [1.165, 1.54) is 11.8 Å². The van der Waals surface area contributed by atoms with Gasteiger partial charge >= 0.3 is 0 Å². The highest BCUT2D eigenvalue weighted by atomic mass is 32.2. The van der Waals surface area contributed by atoms with Crippen molar-refractivity contribution < 1.29 is 14.2 Å². The molecule has 2 aromatic rings. The Morgan fingerprint density at radius 3 is 2.74 bits per heavy atom. The van der Waals surface area contributed by atoms with Crippen molar-refractivity contribution in [3.63, 3.8) is 0 Å². The van der Waals surface area contributed by atoms with E-state index in [-0.39, 0.29) is 12.5 Å². The van der Waals surface area contributed by atoms with Crippen LogP contribution in [0, 0.1) is 0 Å². The molecular formula is C16H13NO5S. The molecule has 7 heteroatoms. The number of nitrogens with zero attached hydrogens (tertiary/aromatic N) is 1. The zero-order chi connectivity index (χ0) is 16.1. The Labute approximate surface area is 136 Å². The lowest BCUT2D eigenvalue weighted by Crippen LogP contribution is -2.35. The summed E-state index contributed by atoms with van der Waals surface area (Å²) in [6.45, 7) is 2.36. The standard InChI is InChI=1S/C16H13NO5S/c1-3-20-16-8(14(18)15(16)19)4-13-17(2)9-5-10-11(22-7-21-10)6-12(9)23-13/h4-6H,3,7H2,1-2H3. The van der Waals surface area contributed by atoms with E-state index in [1.54, 1.807) is 13.0 Å². The van der Waals surface area contributed by atoms with E-state index >= 15 is 0 Å². The molecular weight excluding hydrogens is 318 g/mol. The molecule has 23 heavy (non-hydrogen) atoms. The van der Waals surface area contributed by atoms with E-state index < -0.39 is 10.9 Å². The van der Waals surface area contributed by atoms with E-state index in [9.17, 15) is 9.59 Å². The summed E-state index contributed by atoms with van der Waals surface area (Å²) >= 11 is 1.51. The van der Waals surface area contributed by atoms with Crippen LogP contribution in [0.15, 0.2) is 31.6 Å². The van der Waals surface area contributed by atoms with Crippen molar-refractivity contribution in [2.45, 2.75) is 11.8 Å². The first kappa shape index (κ1) is 14.2. The molecule has 0 aliphatic carbocycles. The van der Waals surface area contributed by atoms with Gasteiger partial charge in [0.05, 0.1) is 22.9 Å². The summed E-state index contributed by atoms with van der Waals surface area (Å²) in [5, 5.41) is 0.844. The van der Waals surface area contributed by atoms with Crippen LogP contribution in [0.5, 0.6) is 17.2 Å². The molecule has 4 rings (SSSR count). The molecule has 118 valence electrons. The largest absolute Gasteiger partial charge is 0.489 e. The van der Waals surface area contributed by atoms with Gasteiger partial charge in [0.25, 0.3) is 5.43 Å². The van der Waals surface area contributed by atoms with Crippen LogP contribution in [-0.4, -0.2) is 20.4 Å². The van der Waals surface area contributed by atoms with Gasteiger partial charge in [-0.2, -0.15) is 0 Å². The predicted octanol–water partition coefficient (Wildman–Crippen LogP) is 1.95. The minimum atomic E-state index is -0.553. The maximum atomic E-state index is 11.8. The Hall–Kier alpha value is -2.41. The fourth-order valence-corrected chi connectivity index (χ4v) is 3.72. The molecule has 0 spiro atoms. The fraction of sp³-hybridized carbons (Fsp3) is 0.250. The Balaban J connectivity index is 1.71. The lowest BCUT2D eigenvalue weighted by Gasteiger charge is -2.15. The van der Waals surface area contributed by atoms with Gasteiger partial charge in [-0.3, -0.25) is 9.59 Å². The molecule has 0 unspecified atom stereocenters. The highest BCUT2D eigenvalue weighted by molar-refractivity contribution is 8.03. The van der Waals surface area contributed by atoms with Crippen molar-refractivity contribution in [1.82, 2.24) is 0 Å². The van der Waals surface area contributed by atoms with E-state index in [2.05, 4.69) is 0 Å². The Morgan fingerprint density at radius 2 is 2.00 bits per heavy atom. The van der Waals surface area contributed by atoms with Gasteiger partial charge in [-0.25, -0.2) is 0 Å². The van der Waals surface area contributed by atoms with E-state index in [0.29, 0.717) is 17.9 Å². The van der Waals surface area contributed by atoms with Crippen molar-refractivity contribution >= 4 is 23.5 Å². The van der Waals surface area contributed by atoms with Crippen LogP contribution in [0.2, 0.25) is 0 Å². The number of benzene rings is 1. The van der Waals surface area contributed by atoms with Crippen LogP contribution in [0.25, 0.3) is 6.08 Å². The van der Waals surface area contributed by atoms with Crippen molar-refractivity contribution in [2.24, 2.45) is 0 Å². The molecule has 0 saturated carbocycles. The second kappa shape index (κ2) is 5.06. The van der Waals surface area contributed by atoms with Crippen LogP contribution in [0.3, 0.4) is 0 Å². The van der Waals surface area contributed by atoms with E-state index in [1.807, 2.05) is 24.1 Å². The molecule has 2 aliphatic rings. The minimum Gasteiger partial charge on any atom is -0.489 e. The van der Waals surface area contributed by atoms with Gasteiger partial charge < -0.3 is 19.1 Å². The molecule has 0 amide bonds. The summed E-state index contributed by atoms with van der Waals surface area (Å²) in [5.41, 5.74) is 0.254. The maximum absolute atomic E-state index is 11.8. The molecule has 0 N–H and O–H groups in total. The predicted molar refractivity (Wildman–Crippen MR) is 87.3 cm³/mol. The zero-order valence-electron chi connectivity index (χ0n) is 12.5. The molecule has 0 saturated heterocycles. The molecule has 0 aromatic heterocycles. The van der Waals surface area contributed by atoms with Crippen molar-refractivity contribution in [3.05, 3.63) is 43.2 Å². The summed E-state index contributed by atoms with van der Waals surface area (Å²) in [5.74, 6) is 1.58. The summed E-state index contributed by atoms with van der Waals surface area (Å²) < 4.78 is 16.0. The number of thioether (sulfide) groups is 1. The monoisotopic (exact) mass is 331 g/mol. The average Bonchev–Trinajstić information content (AvgIpc) is 3.13. The Morgan fingerprint density at radius 1 is 1.26 bits per heavy atom. The molecule has 6 nitrogen and oxygen atoms in total. The van der Waals surface area contributed by atoms with E-state index in [4.69, 9.17) is 14.2 Å². The van der Waals surface area contributed by atoms with Crippen LogP contribution in [0.4, 0.5) is 5.69 Å². The molecule has 0 radical (unpaired) electrons. The van der Waals surface area contributed by atoms with Crippen LogP contribution < -0.4 is 30.0 Å². The number of hydrogen-bond donors (Lipinski definition) is 0. The quantitative estimate of drug-likeness (QED) is 0.797. The SMILES string of the molecule is CCOc1c(C=C2Sc3cc4c(cc3N2C)OCO4)c(=O)c1=O. The Kier molecular flexibility index (Phi) is 3.12. The normalized spacial score (nSPS) is 17.1. The molecule has 0 atom stereocenters. The van der Waals surface area contributed by atoms with Gasteiger partial charge in [0.2, 0.25) is 12.2 Å². The number of ether oxygens (including phenoxy) is 3. The van der Waals surface area contributed by atoms with Crippen molar-refractivity contribution in [2.75, 3.05) is 25.3 Å². The van der Waals surface area contributed by atoms with Crippen LogP contribution in [0.1, 0.15) is 12.5 Å². The van der Waals surface area contributed by atoms with Gasteiger partial charge in [-0.05, 0) is 13.0 Å². The van der Waals surface area contributed by atoms with Gasteiger partial charge in [0.1, 0.15) is 0 Å². The van der Waals surface area contributed by atoms with E-state index in [0.717, 1.165) is 21.4 Å². The average molecular weight is 331 g/mol. The zero-order valence-corrected chi connectivity index (χ0v) is 13.4. The lowest BCUT2D eigenvalue weighted by molar-refractivity contribution is 0.174. The third-order valence-corrected chi connectivity index (χ3v) is 4.97. The summed E-state index contributed by atoms with van der Waals surface area (Å²) in [6.07, 6.45) is 1.70. The highest BCUT2D eigenvalue weighted by Gasteiger charge is 2.29. The van der Waals surface area contributed by atoms with Gasteiger partial charge in [-0.15, -0.1) is 0 Å². The maximum Gasteiger partial charge on any atom is 0.268 e. The Bertz CT molecular complexity index is 910. The van der Waals surface area contributed by atoms with Crippen molar-refractivity contribution in [3.8, 4) is 17.2 Å². The van der Waals surface area contributed by atoms with Gasteiger partial charge in [0.15, 0.2) is 17.2 Å². The minimum absolute atomic E-state index is 0.157. The van der Waals surface area contributed by atoms with Crippen molar-refractivity contribution in [1.29, 1.82) is 0 Å². The third kappa shape index (κ3) is 2.03. The highest BCUT2D eigenvalue weighted by Crippen LogP contribution is 2.51. The number of fused-ring (bicyclic) bond motifs is 2. The molecule has 2 heterocycles. The molecule has 0 bridgehead atoms. The van der Waals surface area contributed by atoms with Crippen LogP contribution in [-0.2, 0) is 0 Å². The van der Waals surface area contributed by atoms with Gasteiger partial charge in [0, 0.05) is 24.1 Å². The number of anilines is 1. The summed E-state index contributed by atoms with van der Waals surface area (Å²) in [6, 6.07) is 3.84. The first-order valence-electron chi connectivity index (χ1n) is 7.13. The first-order valence-corrected chi connectivity index (χ1v) is 7.94. The summed E-state index contributed by atoms with van der Waals surface area (Å²) in [4.78, 5) is 26.3. The fourth-order valence-electron chi connectivity index (χ4n) is 2.61. The molecule has 0 fully saturated rings. The molecule has 2 aliphatic heterocycles. The first-order chi connectivity index (χ1) is 11.1. The lowest BCUT2D eigenvalue weighted by atomic mass is 10.1. The number of hydrogen-bond acceptors (Lipinski definition) is 7. The second-order valence-electron chi connectivity index (χ2n) is 5.15. The van der Waals surface area contributed by atoms with Gasteiger partial charge in [-0.1, -0.05) is 11.8 Å². The third-order valence-electron chi connectivity index (χ3n) is 3.82. The summed E-state index contributed by atoms with van der Waals surface area (Å²) in [7, 11) is 1.90. The topological polar surface area (TPSA) is 65.1 Å². The smallest absolute Gasteiger partial charge is 0.268 e.